The predicted molar refractivity (Wildman–Crippen MR) is 72.1 cm³/mol. The van der Waals surface area contributed by atoms with Gasteiger partial charge in [-0.05, 0) is 32.5 Å². The Morgan fingerprint density at radius 2 is 2.26 bits per heavy atom. The predicted octanol–water partition coefficient (Wildman–Crippen LogP) is 1.12. The van der Waals surface area contributed by atoms with Crippen LogP contribution in [0.3, 0.4) is 0 Å². The molecule has 6 nitrogen and oxygen atoms in total. The highest BCUT2D eigenvalue weighted by Gasteiger charge is 2.12. The van der Waals surface area contributed by atoms with Gasteiger partial charge in [-0.1, -0.05) is 12.1 Å². The molecule has 0 aromatic carbocycles. The lowest BCUT2D eigenvalue weighted by Gasteiger charge is -2.04. The first-order valence-corrected chi connectivity index (χ1v) is 6.43. The molecular weight excluding hydrogens is 244 g/mol. The molecule has 0 saturated carbocycles. The Bertz CT molecular complexity index is 565. The van der Waals surface area contributed by atoms with Gasteiger partial charge in [-0.25, -0.2) is 4.98 Å². The minimum atomic E-state index is -0.117. The second kappa shape index (κ2) is 6.29. The number of nitrogens with zero attached hydrogens (tertiary/aromatic N) is 2. The number of hydrogen-bond acceptors (Lipinski definition) is 5. The molecule has 2 heterocycles. The molecule has 2 aromatic heterocycles. The Morgan fingerprint density at radius 3 is 3.00 bits per heavy atom. The Morgan fingerprint density at radius 1 is 1.42 bits per heavy atom. The Labute approximate surface area is 111 Å². The maximum atomic E-state index is 12.0. The van der Waals surface area contributed by atoms with E-state index in [4.69, 9.17) is 4.52 Å². The van der Waals surface area contributed by atoms with Crippen LogP contribution >= 0.6 is 0 Å². The molecule has 6 heteroatoms. The average molecular weight is 262 g/mol. The highest BCUT2D eigenvalue weighted by molar-refractivity contribution is 5.96. The van der Waals surface area contributed by atoms with Crippen molar-refractivity contribution in [3.63, 3.8) is 0 Å². The zero-order valence-electron chi connectivity index (χ0n) is 11.2. The zero-order valence-corrected chi connectivity index (χ0v) is 11.2. The summed E-state index contributed by atoms with van der Waals surface area (Å²) in [4.78, 5) is 16.1. The van der Waals surface area contributed by atoms with E-state index in [2.05, 4.69) is 20.8 Å². The van der Waals surface area contributed by atoms with Crippen LogP contribution in [0.4, 0.5) is 0 Å². The van der Waals surface area contributed by atoms with Crippen molar-refractivity contribution in [2.45, 2.75) is 19.8 Å². The van der Waals surface area contributed by atoms with E-state index in [1.165, 1.54) is 6.20 Å². The first-order valence-electron chi connectivity index (χ1n) is 6.43. The first kappa shape index (κ1) is 13.5. The smallest absolute Gasteiger partial charge is 0.257 e. The molecule has 0 spiro atoms. The van der Waals surface area contributed by atoms with Gasteiger partial charge < -0.3 is 15.2 Å². The van der Waals surface area contributed by atoms with Crippen molar-refractivity contribution in [3.05, 3.63) is 23.5 Å². The molecule has 2 aromatic rings. The molecule has 0 saturated heterocycles. The van der Waals surface area contributed by atoms with Crippen LogP contribution in [0, 0.1) is 0 Å². The van der Waals surface area contributed by atoms with Crippen LogP contribution in [0.2, 0.25) is 0 Å². The summed E-state index contributed by atoms with van der Waals surface area (Å²) in [5.41, 5.74) is 1.84. The first-order chi connectivity index (χ1) is 9.26. The standard InChI is InChI=1S/C13H18N4O2/c1-3-11-10-7-9(8-16-13(10)19-17-11)12(18)15-6-4-5-14-2/h7-8,14H,3-6H2,1-2H3,(H,15,18). The van der Waals surface area contributed by atoms with Gasteiger partial charge in [-0.2, -0.15) is 0 Å². The third kappa shape index (κ3) is 3.08. The number of aryl methyl sites for hydroxylation is 1. The van der Waals surface area contributed by atoms with Crippen LogP contribution < -0.4 is 10.6 Å². The number of amides is 1. The van der Waals surface area contributed by atoms with Gasteiger partial charge in [0.2, 0.25) is 0 Å². The average Bonchev–Trinajstić information content (AvgIpc) is 2.85. The summed E-state index contributed by atoms with van der Waals surface area (Å²) in [7, 11) is 1.89. The summed E-state index contributed by atoms with van der Waals surface area (Å²) in [6.07, 6.45) is 3.16. The van der Waals surface area contributed by atoms with Crippen molar-refractivity contribution in [2.24, 2.45) is 0 Å². The lowest BCUT2D eigenvalue weighted by molar-refractivity contribution is 0.0953. The summed E-state index contributed by atoms with van der Waals surface area (Å²) < 4.78 is 5.09. The highest BCUT2D eigenvalue weighted by Crippen LogP contribution is 2.17. The third-order valence-corrected chi connectivity index (χ3v) is 2.89. The molecule has 0 aliphatic carbocycles. The van der Waals surface area contributed by atoms with Crippen molar-refractivity contribution in [1.29, 1.82) is 0 Å². The number of rotatable bonds is 6. The Kier molecular flexibility index (Phi) is 4.46. The van der Waals surface area contributed by atoms with E-state index in [1.54, 1.807) is 6.07 Å². The summed E-state index contributed by atoms with van der Waals surface area (Å²) in [6.45, 7) is 3.51. The van der Waals surface area contributed by atoms with E-state index in [0.717, 1.165) is 30.5 Å². The fourth-order valence-corrected chi connectivity index (χ4v) is 1.83. The van der Waals surface area contributed by atoms with E-state index < -0.39 is 0 Å². The van der Waals surface area contributed by atoms with Gasteiger partial charge in [-0.15, -0.1) is 0 Å². The highest BCUT2D eigenvalue weighted by atomic mass is 16.5. The monoisotopic (exact) mass is 262 g/mol. The topological polar surface area (TPSA) is 80.0 Å². The molecule has 0 atom stereocenters. The fraction of sp³-hybridized carbons (Fsp3) is 0.462. The third-order valence-electron chi connectivity index (χ3n) is 2.89. The molecule has 2 N–H and O–H groups in total. The van der Waals surface area contributed by atoms with Crippen LogP contribution in [0.25, 0.3) is 11.1 Å². The van der Waals surface area contributed by atoms with Crippen LogP contribution in [-0.4, -0.2) is 36.2 Å². The van der Waals surface area contributed by atoms with Gasteiger partial charge in [0.15, 0.2) is 0 Å². The zero-order chi connectivity index (χ0) is 13.7. The maximum Gasteiger partial charge on any atom is 0.257 e. The summed E-state index contributed by atoms with van der Waals surface area (Å²) in [5, 5.41) is 10.6. The second-order valence-corrected chi connectivity index (χ2v) is 4.27. The molecule has 0 bridgehead atoms. The SMILES string of the molecule is CCc1noc2ncc(C(=O)NCCCNC)cc12. The van der Waals surface area contributed by atoms with Crippen molar-refractivity contribution < 1.29 is 9.32 Å². The minimum Gasteiger partial charge on any atom is -0.352 e. The van der Waals surface area contributed by atoms with Gasteiger partial charge in [0, 0.05) is 12.7 Å². The largest absolute Gasteiger partial charge is 0.352 e. The van der Waals surface area contributed by atoms with Crippen molar-refractivity contribution >= 4 is 17.0 Å². The number of aromatic nitrogens is 2. The van der Waals surface area contributed by atoms with Gasteiger partial charge >= 0.3 is 0 Å². The van der Waals surface area contributed by atoms with E-state index in [1.807, 2.05) is 14.0 Å². The van der Waals surface area contributed by atoms with Gasteiger partial charge in [-0.3, -0.25) is 4.79 Å². The number of pyridine rings is 1. The number of carbonyl (C=O) groups is 1. The molecule has 0 aliphatic rings. The van der Waals surface area contributed by atoms with E-state index in [0.29, 0.717) is 17.8 Å². The Balaban J connectivity index is 2.09. The molecule has 19 heavy (non-hydrogen) atoms. The molecule has 0 fully saturated rings. The van der Waals surface area contributed by atoms with Gasteiger partial charge in [0.25, 0.3) is 11.6 Å². The lowest BCUT2D eigenvalue weighted by atomic mass is 10.1. The molecule has 1 amide bonds. The number of hydrogen-bond donors (Lipinski definition) is 2. The van der Waals surface area contributed by atoms with Crippen molar-refractivity contribution in [2.75, 3.05) is 20.1 Å². The van der Waals surface area contributed by atoms with Crippen LogP contribution in [0.1, 0.15) is 29.4 Å². The minimum absolute atomic E-state index is 0.117. The number of carbonyl (C=O) groups excluding carboxylic acids is 1. The number of nitrogens with one attached hydrogen (secondary N) is 2. The van der Waals surface area contributed by atoms with E-state index in [9.17, 15) is 4.79 Å². The van der Waals surface area contributed by atoms with Gasteiger partial charge in [0.1, 0.15) is 0 Å². The quantitative estimate of drug-likeness (QED) is 0.763. The maximum absolute atomic E-state index is 12.0. The van der Waals surface area contributed by atoms with Gasteiger partial charge in [0.05, 0.1) is 16.6 Å². The number of fused-ring (bicyclic) bond motifs is 1. The summed E-state index contributed by atoms with van der Waals surface area (Å²) in [6, 6.07) is 1.78. The lowest BCUT2D eigenvalue weighted by Crippen LogP contribution is -2.26. The van der Waals surface area contributed by atoms with E-state index in [-0.39, 0.29) is 5.91 Å². The van der Waals surface area contributed by atoms with Crippen LogP contribution in [-0.2, 0) is 6.42 Å². The van der Waals surface area contributed by atoms with Crippen LogP contribution in [0.5, 0.6) is 0 Å². The molecule has 2 rings (SSSR count). The van der Waals surface area contributed by atoms with Crippen molar-refractivity contribution in [3.8, 4) is 0 Å². The molecule has 0 unspecified atom stereocenters. The normalized spacial score (nSPS) is 10.8. The molecular formula is C13H18N4O2. The van der Waals surface area contributed by atoms with E-state index >= 15 is 0 Å². The Hall–Kier alpha value is -1.95. The molecule has 0 radical (unpaired) electrons. The summed E-state index contributed by atoms with van der Waals surface area (Å²) in [5.74, 6) is -0.117. The van der Waals surface area contributed by atoms with Crippen molar-refractivity contribution in [1.82, 2.24) is 20.8 Å². The fourth-order valence-electron chi connectivity index (χ4n) is 1.83. The second-order valence-electron chi connectivity index (χ2n) is 4.27. The molecule has 0 aliphatic heterocycles. The molecule has 102 valence electrons. The van der Waals surface area contributed by atoms with Crippen LogP contribution in [0.15, 0.2) is 16.8 Å². The summed E-state index contributed by atoms with van der Waals surface area (Å²) >= 11 is 0.